The van der Waals surface area contributed by atoms with Gasteiger partial charge in [0, 0.05) is 25.4 Å². The Kier molecular flexibility index (Phi) is 3.36. The van der Waals surface area contributed by atoms with Gasteiger partial charge >= 0.3 is 0 Å². The van der Waals surface area contributed by atoms with Crippen LogP contribution >= 0.6 is 11.3 Å². The van der Waals surface area contributed by atoms with Gasteiger partial charge in [0.15, 0.2) is 22.0 Å². The average Bonchev–Trinajstić information content (AvgIpc) is 3.25. The molecule has 0 aliphatic carbocycles. The normalized spacial score (nSPS) is 13.4. The largest absolute Gasteiger partial charge is 0.454 e. The third-order valence-electron chi connectivity index (χ3n) is 3.56. The molecule has 0 saturated heterocycles. The third-order valence-corrected chi connectivity index (χ3v) is 4.60. The number of amides is 1. The number of aryl methyl sites for hydroxylation is 1. The fraction of sp³-hybridized carbons (Fsp3) is 0.188. The van der Waals surface area contributed by atoms with Crippen molar-refractivity contribution in [1.82, 2.24) is 14.3 Å². The highest BCUT2D eigenvalue weighted by molar-refractivity contribution is 7.16. The Morgan fingerprint density at radius 3 is 2.96 bits per heavy atom. The second kappa shape index (κ2) is 5.54. The Labute approximate surface area is 140 Å². The summed E-state index contributed by atoms with van der Waals surface area (Å²) in [6, 6.07) is 5.36. The van der Waals surface area contributed by atoms with Gasteiger partial charge in [0.25, 0.3) is 5.91 Å². The lowest BCUT2D eigenvalue weighted by Gasteiger charge is -2.01. The fourth-order valence-electron chi connectivity index (χ4n) is 2.46. The summed E-state index contributed by atoms with van der Waals surface area (Å²) < 4.78 is 15.1. The van der Waals surface area contributed by atoms with Gasteiger partial charge in [-0.15, -0.1) is 6.42 Å². The maximum atomic E-state index is 12.3. The summed E-state index contributed by atoms with van der Waals surface area (Å²) in [6.45, 7) is 0.505. The number of nitrogens with zero attached hydrogens (tertiary/aromatic N) is 4. The summed E-state index contributed by atoms with van der Waals surface area (Å²) in [5.74, 6) is 3.53. The zero-order chi connectivity index (χ0) is 16.7. The number of hydrogen-bond acceptors (Lipinski definition) is 5. The SMILES string of the molecule is C#CCn1c(=NC(=O)c2ccn(C)n2)sc2cc3c(cc21)OCO3. The highest BCUT2D eigenvalue weighted by Crippen LogP contribution is 2.36. The Balaban J connectivity index is 1.88. The fourth-order valence-corrected chi connectivity index (χ4v) is 3.50. The molecule has 1 aromatic carbocycles. The number of aromatic nitrogens is 3. The quantitative estimate of drug-likeness (QED) is 0.664. The minimum absolute atomic E-state index is 0.205. The molecular weight excluding hydrogens is 328 g/mol. The molecule has 3 heterocycles. The van der Waals surface area contributed by atoms with Gasteiger partial charge in [0.2, 0.25) is 6.79 Å². The van der Waals surface area contributed by atoms with E-state index in [1.54, 1.807) is 24.0 Å². The Bertz CT molecular complexity index is 1070. The van der Waals surface area contributed by atoms with E-state index in [0.29, 0.717) is 22.8 Å². The lowest BCUT2D eigenvalue weighted by atomic mass is 10.3. The first-order valence-corrected chi connectivity index (χ1v) is 7.92. The summed E-state index contributed by atoms with van der Waals surface area (Å²) in [5, 5.41) is 4.08. The van der Waals surface area contributed by atoms with E-state index in [1.807, 2.05) is 16.7 Å². The highest BCUT2D eigenvalue weighted by atomic mass is 32.1. The summed E-state index contributed by atoms with van der Waals surface area (Å²) >= 11 is 1.37. The van der Waals surface area contributed by atoms with Crippen molar-refractivity contribution in [2.24, 2.45) is 12.0 Å². The second-order valence-corrected chi connectivity index (χ2v) is 6.15. The van der Waals surface area contributed by atoms with Gasteiger partial charge in [-0.2, -0.15) is 10.1 Å². The molecule has 0 spiro atoms. The first kappa shape index (κ1) is 14.5. The first-order valence-electron chi connectivity index (χ1n) is 7.11. The molecule has 4 rings (SSSR count). The van der Waals surface area contributed by atoms with Gasteiger partial charge < -0.3 is 14.0 Å². The van der Waals surface area contributed by atoms with E-state index in [1.165, 1.54) is 11.3 Å². The zero-order valence-electron chi connectivity index (χ0n) is 12.7. The van der Waals surface area contributed by atoms with Crippen LogP contribution in [0.4, 0.5) is 0 Å². The number of rotatable bonds is 2. The molecule has 0 bridgehead atoms. The number of carbonyl (C=O) groups is 1. The lowest BCUT2D eigenvalue weighted by molar-refractivity contribution is 0.0992. The molecule has 2 aromatic heterocycles. The van der Waals surface area contributed by atoms with Crippen molar-refractivity contribution in [3.05, 3.63) is 34.9 Å². The van der Waals surface area contributed by atoms with E-state index in [0.717, 1.165) is 10.2 Å². The summed E-state index contributed by atoms with van der Waals surface area (Å²) in [4.78, 5) is 17.0. The van der Waals surface area contributed by atoms with Crippen LogP contribution in [0.2, 0.25) is 0 Å². The molecule has 0 fully saturated rings. The minimum Gasteiger partial charge on any atom is -0.454 e. The van der Waals surface area contributed by atoms with Gasteiger partial charge in [-0.3, -0.25) is 9.48 Å². The molecular formula is C16H12N4O3S. The van der Waals surface area contributed by atoms with Crippen LogP contribution in [0, 0.1) is 12.3 Å². The number of hydrogen-bond donors (Lipinski definition) is 0. The standard InChI is InChI=1S/C16H12N4O3S/c1-3-5-20-11-7-12-13(23-9-22-12)8-14(11)24-16(20)17-15(21)10-4-6-19(2)18-10/h1,4,6-8H,5,9H2,2H3. The van der Waals surface area contributed by atoms with Gasteiger partial charge in [-0.1, -0.05) is 17.3 Å². The van der Waals surface area contributed by atoms with Crippen LogP contribution in [0.15, 0.2) is 29.4 Å². The molecule has 1 aliphatic heterocycles. The molecule has 120 valence electrons. The second-order valence-electron chi connectivity index (χ2n) is 5.14. The Morgan fingerprint density at radius 1 is 1.46 bits per heavy atom. The van der Waals surface area contributed by atoms with Crippen molar-refractivity contribution in [2.45, 2.75) is 6.54 Å². The molecule has 0 unspecified atom stereocenters. The smallest absolute Gasteiger partial charge is 0.300 e. The molecule has 24 heavy (non-hydrogen) atoms. The van der Waals surface area contributed by atoms with E-state index in [-0.39, 0.29) is 12.5 Å². The van der Waals surface area contributed by atoms with Crippen LogP contribution in [-0.2, 0) is 13.6 Å². The van der Waals surface area contributed by atoms with Crippen LogP contribution in [-0.4, -0.2) is 27.0 Å². The van der Waals surface area contributed by atoms with Crippen LogP contribution in [0.1, 0.15) is 10.5 Å². The van der Waals surface area contributed by atoms with Gasteiger partial charge in [-0.05, 0) is 6.07 Å². The van der Waals surface area contributed by atoms with E-state index < -0.39 is 5.91 Å². The molecule has 7 nitrogen and oxygen atoms in total. The zero-order valence-corrected chi connectivity index (χ0v) is 13.5. The number of fused-ring (bicyclic) bond motifs is 2. The Hall–Kier alpha value is -3.05. The molecule has 0 saturated carbocycles. The van der Waals surface area contributed by atoms with Crippen LogP contribution < -0.4 is 14.3 Å². The number of benzene rings is 1. The molecule has 3 aromatic rings. The molecule has 8 heteroatoms. The maximum absolute atomic E-state index is 12.3. The van der Waals surface area contributed by atoms with E-state index in [9.17, 15) is 4.79 Å². The molecule has 1 aliphatic rings. The minimum atomic E-state index is -0.409. The van der Waals surface area contributed by atoms with Gasteiger partial charge in [0.05, 0.1) is 16.8 Å². The topological polar surface area (TPSA) is 70.6 Å². The molecule has 0 N–H and O–H groups in total. The number of carbonyl (C=O) groups excluding carboxylic acids is 1. The average molecular weight is 340 g/mol. The number of terminal acetylenes is 1. The predicted octanol–water partition coefficient (Wildman–Crippen LogP) is 1.54. The van der Waals surface area contributed by atoms with Crippen molar-refractivity contribution in [1.29, 1.82) is 0 Å². The lowest BCUT2D eigenvalue weighted by Crippen LogP contribution is -2.16. The van der Waals surface area contributed by atoms with Crippen molar-refractivity contribution >= 4 is 27.5 Å². The van der Waals surface area contributed by atoms with E-state index in [4.69, 9.17) is 15.9 Å². The van der Waals surface area contributed by atoms with Crippen molar-refractivity contribution in [2.75, 3.05) is 6.79 Å². The summed E-state index contributed by atoms with van der Waals surface area (Å²) in [6.07, 6.45) is 7.17. The van der Waals surface area contributed by atoms with Crippen molar-refractivity contribution in [3.63, 3.8) is 0 Å². The third kappa shape index (κ3) is 2.35. The first-order chi connectivity index (χ1) is 11.7. The van der Waals surface area contributed by atoms with Crippen LogP contribution in [0.3, 0.4) is 0 Å². The van der Waals surface area contributed by atoms with Gasteiger partial charge in [-0.25, -0.2) is 0 Å². The van der Waals surface area contributed by atoms with Gasteiger partial charge in [0.1, 0.15) is 0 Å². The number of thiazole rings is 1. The molecule has 0 atom stereocenters. The van der Waals surface area contributed by atoms with E-state index >= 15 is 0 Å². The summed E-state index contributed by atoms with van der Waals surface area (Å²) in [5.41, 5.74) is 1.14. The van der Waals surface area contributed by atoms with Crippen LogP contribution in [0.25, 0.3) is 10.2 Å². The highest BCUT2D eigenvalue weighted by Gasteiger charge is 2.18. The van der Waals surface area contributed by atoms with Crippen molar-refractivity contribution < 1.29 is 14.3 Å². The molecule has 1 amide bonds. The number of ether oxygens (including phenoxy) is 2. The summed E-state index contributed by atoms with van der Waals surface area (Å²) in [7, 11) is 1.75. The maximum Gasteiger partial charge on any atom is 0.300 e. The van der Waals surface area contributed by atoms with E-state index in [2.05, 4.69) is 16.0 Å². The monoisotopic (exact) mass is 340 g/mol. The van der Waals surface area contributed by atoms with Crippen molar-refractivity contribution in [3.8, 4) is 23.8 Å². The Morgan fingerprint density at radius 2 is 2.25 bits per heavy atom. The predicted molar refractivity (Wildman–Crippen MR) is 87.9 cm³/mol. The molecule has 0 radical (unpaired) electrons. The van der Waals surface area contributed by atoms with Crippen LogP contribution in [0.5, 0.6) is 11.5 Å².